The summed E-state index contributed by atoms with van der Waals surface area (Å²) >= 11 is 3.50. The van der Waals surface area contributed by atoms with Gasteiger partial charge in [0.1, 0.15) is 0 Å². The van der Waals surface area contributed by atoms with Crippen molar-refractivity contribution in [2.24, 2.45) is 0 Å². The second kappa shape index (κ2) is 10.4. The second-order valence-electron chi connectivity index (χ2n) is 5.88. The van der Waals surface area contributed by atoms with E-state index in [0.717, 1.165) is 56.4 Å². The van der Waals surface area contributed by atoms with Crippen LogP contribution in [0.15, 0.2) is 28.7 Å². The molecule has 0 aromatic heterocycles. The SMILES string of the molecule is C[C@H](CCOCCCc1cccc(Br)c1)OC1CCCCO1. The van der Waals surface area contributed by atoms with E-state index in [1.54, 1.807) is 0 Å². The molecule has 1 aliphatic rings. The van der Waals surface area contributed by atoms with E-state index in [0.29, 0.717) is 0 Å². The molecule has 1 aromatic rings. The molecule has 1 heterocycles. The van der Waals surface area contributed by atoms with Crippen LogP contribution in [-0.2, 0) is 20.6 Å². The Labute approximate surface area is 142 Å². The van der Waals surface area contributed by atoms with Crippen molar-refractivity contribution < 1.29 is 14.2 Å². The quantitative estimate of drug-likeness (QED) is 0.588. The molecule has 0 aliphatic carbocycles. The molecule has 1 aromatic carbocycles. The highest BCUT2D eigenvalue weighted by Gasteiger charge is 2.16. The first-order valence-electron chi connectivity index (χ1n) is 8.33. The predicted octanol–water partition coefficient (Wildman–Crippen LogP) is 4.72. The number of hydrogen-bond acceptors (Lipinski definition) is 3. The van der Waals surface area contributed by atoms with E-state index in [1.165, 1.54) is 12.0 Å². The van der Waals surface area contributed by atoms with Crippen molar-refractivity contribution in [2.75, 3.05) is 19.8 Å². The van der Waals surface area contributed by atoms with Gasteiger partial charge in [0.25, 0.3) is 0 Å². The Hall–Kier alpha value is -0.420. The molecular formula is C18H27BrO3. The van der Waals surface area contributed by atoms with Gasteiger partial charge in [0.15, 0.2) is 6.29 Å². The van der Waals surface area contributed by atoms with E-state index in [9.17, 15) is 0 Å². The van der Waals surface area contributed by atoms with Gasteiger partial charge in [-0.25, -0.2) is 0 Å². The smallest absolute Gasteiger partial charge is 0.157 e. The van der Waals surface area contributed by atoms with E-state index in [1.807, 2.05) is 0 Å². The fraction of sp³-hybridized carbons (Fsp3) is 0.667. The molecule has 124 valence electrons. The molecule has 2 atom stereocenters. The Morgan fingerprint density at radius 2 is 2.23 bits per heavy atom. The van der Waals surface area contributed by atoms with Crippen LogP contribution in [0.4, 0.5) is 0 Å². The highest BCUT2D eigenvalue weighted by atomic mass is 79.9. The van der Waals surface area contributed by atoms with Crippen LogP contribution in [0, 0.1) is 0 Å². The van der Waals surface area contributed by atoms with E-state index in [-0.39, 0.29) is 12.4 Å². The Morgan fingerprint density at radius 1 is 1.32 bits per heavy atom. The van der Waals surface area contributed by atoms with Gasteiger partial charge in [-0.3, -0.25) is 0 Å². The molecule has 0 saturated carbocycles. The summed E-state index contributed by atoms with van der Waals surface area (Å²) in [4.78, 5) is 0. The van der Waals surface area contributed by atoms with Gasteiger partial charge in [-0.1, -0.05) is 28.1 Å². The standard InChI is InChI=1S/C18H27BrO3/c1-15(22-18-9-2-3-12-21-18)10-13-20-11-5-7-16-6-4-8-17(19)14-16/h4,6,8,14-15,18H,2-3,5,7,9-13H2,1H3/t15-,18?/m1/s1. The second-order valence-corrected chi connectivity index (χ2v) is 6.79. The third kappa shape index (κ3) is 7.23. The Kier molecular flexibility index (Phi) is 8.45. The Balaban J connectivity index is 1.48. The van der Waals surface area contributed by atoms with Crippen LogP contribution in [0.5, 0.6) is 0 Å². The van der Waals surface area contributed by atoms with Crippen molar-refractivity contribution in [1.29, 1.82) is 0 Å². The van der Waals surface area contributed by atoms with Crippen LogP contribution in [0.25, 0.3) is 0 Å². The highest BCUT2D eigenvalue weighted by molar-refractivity contribution is 9.10. The summed E-state index contributed by atoms with van der Waals surface area (Å²) in [5, 5.41) is 0. The predicted molar refractivity (Wildman–Crippen MR) is 92.0 cm³/mol. The first-order valence-corrected chi connectivity index (χ1v) is 9.12. The van der Waals surface area contributed by atoms with Crippen molar-refractivity contribution >= 4 is 15.9 Å². The van der Waals surface area contributed by atoms with Crippen LogP contribution < -0.4 is 0 Å². The third-order valence-corrected chi connectivity index (χ3v) is 4.33. The van der Waals surface area contributed by atoms with Crippen LogP contribution in [0.2, 0.25) is 0 Å². The molecule has 1 aliphatic heterocycles. The normalized spacial score (nSPS) is 20.0. The maximum atomic E-state index is 5.87. The molecule has 0 N–H and O–H groups in total. The summed E-state index contributed by atoms with van der Waals surface area (Å²) in [6, 6.07) is 8.45. The Morgan fingerprint density at radius 3 is 3.00 bits per heavy atom. The summed E-state index contributed by atoms with van der Waals surface area (Å²) < 4.78 is 18.3. The van der Waals surface area contributed by atoms with Crippen LogP contribution in [0.3, 0.4) is 0 Å². The summed E-state index contributed by atoms with van der Waals surface area (Å²) in [7, 11) is 0. The van der Waals surface area contributed by atoms with Gasteiger partial charge in [0, 0.05) is 24.3 Å². The average molecular weight is 371 g/mol. The fourth-order valence-electron chi connectivity index (χ4n) is 2.57. The maximum Gasteiger partial charge on any atom is 0.157 e. The van der Waals surface area contributed by atoms with Crippen molar-refractivity contribution in [2.45, 2.75) is 57.8 Å². The minimum Gasteiger partial charge on any atom is -0.381 e. The minimum atomic E-state index is 0.000257. The van der Waals surface area contributed by atoms with Crippen LogP contribution in [-0.4, -0.2) is 32.2 Å². The minimum absolute atomic E-state index is 0.000257. The zero-order chi connectivity index (χ0) is 15.6. The molecule has 0 amide bonds. The maximum absolute atomic E-state index is 5.87. The van der Waals surface area contributed by atoms with Crippen molar-refractivity contribution in [1.82, 2.24) is 0 Å². The molecule has 1 saturated heterocycles. The molecule has 2 rings (SSSR count). The van der Waals surface area contributed by atoms with E-state index in [2.05, 4.69) is 47.1 Å². The number of hydrogen-bond donors (Lipinski definition) is 0. The summed E-state index contributed by atoms with van der Waals surface area (Å²) in [5.41, 5.74) is 1.35. The van der Waals surface area contributed by atoms with Gasteiger partial charge < -0.3 is 14.2 Å². The number of aryl methyl sites for hydroxylation is 1. The Bertz CT molecular complexity index is 419. The van der Waals surface area contributed by atoms with Crippen molar-refractivity contribution in [3.63, 3.8) is 0 Å². The molecule has 4 heteroatoms. The summed E-state index contributed by atoms with van der Waals surface area (Å²) in [6.07, 6.45) is 6.64. The molecule has 1 unspecified atom stereocenters. The molecule has 0 spiro atoms. The van der Waals surface area contributed by atoms with Gasteiger partial charge >= 0.3 is 0 Å². The molecule has 0 radical (unpaired) electrons. The molecule has 3 nitrogen and oxygen atoms in total. The van der Waals surface area contributed by atoms with Crippen molar-refractivity contribution in [3.8, 4) is 0 Å². The number of halogens is 1. The lowest BCUT2D eigenvalue weighted by atomic mass is 10.1. The topological polar surface area (TPSA) is 27.7 Å². The lowest BCUT2D eigenvalue weighted by Gasteiger charge is -2.26. The van der Waals surface area contributed by atoms with Gasteiger partial charge in [-0.15, -0.1) is 0 Å². The lowest BCUT2D eigenvalue weighted by molar-refractivity contribution is -0.187. The first kappa shape index (κ1) is 17.9. The van der Waals surface area contributed by atoms with E-state index >= 15 is 0 Å². The zero-order valence-electron chi connectivity index (χ0n) is 13.4. The van der Waals surface area contributed by atoms with Gasteiger partial charge in [-0.05, 0) is 63.1 Å². The fourth-order valence-corrected chi connectivity index (χ4v) is 3.01. The van der Waals surface area contributed by atoms with Crippen LogP contribution in [0.1, 0.15) is 44.6 Å². The first-order chi connectivity index (χ1) is 10.7. The largest absolute Gasteiger partial charge is 0.381 e. The molecule has 0 bridgehead atoms. The summed E-state index contributed by atoms with van der Waals surface area (Å²) in [5.74, 6) is 0. The average Bonchev–Trinajstić information content (AvgIpc) is 2.52. The number of benzene rings is 1. The lowest BCUT2D eigenvalue weighted by Crippen LogP contribution is -2.27. The zero-order valence-corrected chi connectivity index (χ0v) is 15.0. The molecule has 22 heavy (non-hydrogen) atoms. The van der Waals surface area contributed by atoms with E-state index < -0.39 is 0 Å². The summed E-state index contributed by atoms with van der Waals surface area (Å²) in [6.45, 7) is 4.50. The third-order valence-electron chi connectivity index (χ3n) is 3.83. The van der Waals surface area contributed by atoms with Crippen LogP contribution >= 0.6 is 15.9 Å². The molecular weight excluding hydrogens is 344 g/mol. The van der Waals surface area contributed by atoms with Gasteiger partial charge in [0.2, 0.25) is 0 Å². The monoisotopic (exact) mass is 370 g/mol. The number of rotatable bonds is 9. The van der Waals surface area contributed by atoms with Gasteiger partial charge in [-0.2, -0.15) is 0 Å². The van der Waals surface area contributed by atoms with Crippen molar-refractivity contribution in [3.05, 3.63) is 34.3 Å². The molecule has 1 fully saturated rings. The van der Waals surface area contributed by atoms with E-state index in [4.69, 9.17) is 14.2 Å². The highest BCUT2D eigenvalue weighted by Crippen LogP contribution is 2.16. The van der Waals surface area contributed by atoms with Gasteiger partial charge in [0.05, 0.1) is 6.10 Å². The number of ether oxygens (including phenoxy) is 3.